The van der Waals surface area contributed by atoms with Crippen LogP contribution in [0.5, 0.6) is 5.75 Å². The summed E-state index contributed by atoms with van der Waals surface area (Å²) in [5.74, 6) is 0.327. The minimum atomic E-state index is -0.390. The molecule has 2 aliphatic heterocycles. The van der Waals surface area contributed by atoms with E-state index in [-0.39, 0.29) is 17.9 Å². The lowest BCUT2D eigenvalue weighted by Gasteiger charge is -2.33. The third-order valence-electron chi connectivity index (χ3n) is 4.62. The molecule has 0 aliphatic carbocycles. The molecule has 3 rings (SSSR count). The number of piperazine rings is 1. The molecule has 1 unspecified atom stereocenters. The SMILES string of the molecule is COc1ccc(Cl)cc1C(=O)N1CCCC1C(=O)N1CCNCC1. The topological polar surface area (TPSA) is 61.9 Å². The molecule has 130 valence electrons. The molecular weight excluding hydrogens is 330 g/mol. The molecule has 24 heavy (non-hydrogen) atoms. The third kappa shape index (κ3) is 3.35. The number of halogens is 1. The van der Waals surface area contributed by atoms with Crippen LogP contribution in [-0.4, -0.2) is 67.5 Å². The molecule has 0 radical (unpaired) electrons. The second-order valence-corrected chi connectivity index (χ2v) is 6.51. The Labute approximate surface area is 146 Å². The van der Waals surface area contributed by atoms with E-state index in [4.69, 9.17) is 16.3 Å². The number of carbonyl (C=O) groups excluding carboxylic acids is 2. The van der Waals surface area contributed by atoms with Gasteiger partial charge in [0.05, 0.1) is 12.7 Å². The standard InChI is InChI=1S/C17H22ClN3O3/c1-24-15-5-4-12(18)11-13(15)16(22)21-8-2-3-14(21)17(23)20-9-6-19-7-10-20/h4-5,11,14,19H,2-3,6-10H2,1H3. The van der Waals surface area contributed by atoms with E-state index in [9.17, 15) is 9.59 Å². The van der Waals surface area contributed by atoms with Crippen molar-refractivity contribution in [1.82, 2.24) is 15.1 Å². The maximum absolute atomic E-state index is 13.0. The van der Waals surface area contributed by atoms with E-state index >= 15 is 0 Å². The van der Waals surface area contributed by atoms with Gasteiger partial charge in [-0.15, -0.1) is 0 Å². The maximum Gasteiger partial charge on any atom is 0.258 e. The van der Waals surface area contributed by atoms with Gasteiger partial charge in [0.2, 0.25) is 5.91 Å². The molecule has 2 fully saturated rings. The van der Waals surface area contributed by atoms with Gasteiger partial charge in [-0.25, -0.2) is 0 Å². The number of hydrogen-bond donors (Lipinski definition) is 1. The van der Waals surface area contributed by atoms with E-state index in [0.29, 0.717) is 42.4 Å². The first kappa shape index (κ1) is 17.0. The van der Waals surface area contributed by atoms with E-state index in [1.165, 1.54) is 7.11 Å². The van der Waals surface area contributed by atoms with Crippen molar-refractivity contribution in [1.29, 1.82) is 0 Å². The Morgan fingerprint density at radius 2 is 2.00 bits per heavy atom. The van der Waals surface area contributed by atoms with Gasteiger partial charge in [-0.2, -0.15) is 0 Å². The summed E-state index contributed by atoms with van der Waals surface area (Å²) in [7, 11) is 1.52. The van der Waals surface area contributed by atoms with E-state index in [2.05, 4.69) is 5.32 Å². The van der Waals surface area contributed by atoms with Crippen LogP contribution in [0.4, 0.5) is 0 Å². The lowest BCUT2D eigenvalue weighted by atomic mass is 10.1. The molecule has 2 aliphatic rings. The second-order valence-electron chi connectivity index (χ2n) is 6.08. The summed E-state index contributed by atoms with van der Waals surface area (Å²) >= 11 is 6.04. The summed E-state index contributed by atoms with van der Waals surface area (Å²) in [5.41, 5.74) is 0.407. The van der Waals surface area contributed by atoms with Crippen LogP contribution in [0.15, 0.2) is 18.2 Å². The van der Waals surface area contributed by atoms with E-state index in [1.54, 1.807) is 23.1 Å². The molecule has 6 nitrogen and oxygen atoms in total. The van der Waals surface area contributed by atoms with Gasteiger partial charge in [-0.05, 0) is 31.0 Å². The number of methoxy groups -OCH3 is 1. The zero-order valence-electron chi connectivity index (χ0n) is 13.8. The van der Waals surface area contributed by atoms with Crippen molar-refractivity contribution in [2.45, 2.75) is 18.9 Å². The van der Waals surface area contributed by atoms with Crippen molar-refractivity contribution in [2.75, 3.05) is 39.8 Å². The van der Waals surface area contributed by atoms with Gasteiger partial charge in [0.15, 0.2) is 0 Å². The monoisotopic (exact) mass is 351 g/mol. The predicted octanol–water partition coefficient (Wildman–Crippen LogP) is 1.39. The maximum atomic E-state index is 13.0. The molecule has 1 atom stereocenters. The molecule has 2 heterocycles. The zero-order chi connectivity index (χ0) is 17.1. The van der Waals surface area contributed by atoms with Gasteiger partial charge < -0.3 is 19.9 Å². The van der Waals surface area contributed by atoms with Crippen LogP contribution in [0.1, 0.15) is 23.2 Å². The highest BCUT2D eigenvalue weighted by Crippen LogP contribution is 2.28. The van der Waals surface area contributed by atoms with Crippen LogP contribution < -0.4 is 10.1 Å². The first-order valence-electron chi connectivity index (χ1n) is 8.26. The highest BCUT2D eigenvalue weighted by atomic mass is 35.5. The molecule has 2 saturated heterocycles. The summed E-state index contributed by atoms with van der Waals surface area (Å²) in [6.07, 6.45) is 1.54. The van der Waals surface area contributed by atoms with Crippen molar-refractivity contribution in [3.8, 4) is 5.75 Å². The van der Waals surface area contributed by atoms with Crippen LogP contribution in [0.3, 0.4) is 0 Å². The fraction of sp³-hybridized carbons (Fsp3) is 0.529. The van der Waals surface area contributed by atoms with Crippen molar-refractivity contribution < 1.29 is 14.3 Å². The number of benzene rings is 1. The fourth-order valence-electron chi connectivity index (χ4n) is 3.36. The van der Waals surface area contributed by atoms with Gasteiger partial charge in [-0.1, -0.05) is 11.6 Å². The van der Waals surface area contributed by atoms with E-state index in [1.807, 2.05) is 4.90 Å². The highest BCUT2D eigenvalue weighted by molar-refractivity contribution is 6.31. The van der Waals surface area contributed by atoms with E-state index in [0.717, 1.165) is 19.5 Å². The Balaban J connectivity index is 1.81. The number of amides is 2. The number of nitrogens with one attached hydrogen (secondary N) is 1. The highest BCUT2D eigenvalue weighted by Gasteiger charge is 2.37. The van der Waals surface area contributed by atoms with Gasteiger partial charge >= 0.3 is 0 Å². The molecule has 0 bridgehead atoms. The number of carbonyl (C=O) groups is 2. The minimum Gasteiger partial charge on any atom is -0.496 e. The minimum absolute atomic E-state index is 0.0448. The molecule has 0 aromatic heterocycles. The summed E-state index contributed by atoms with van der Waals surface area (Å²) in [6, 6.07) is 4.58. The molecule has 0 saturated carbocycles. The van der Waals surface area contributed by atoms with Crippen LogP contribution in [0, 0.1) is 0 Å². The fourth-order valence-corrected chi connectivity index (χ4v) is 3.54. The van der Waals surface area contributed by atoms with E-state index < -0.39 is 0 Å². The van der Waals surface area contributed by atoms with Crippen LogP contribution in [-0.2, 0) is 4.79 Å². The van der Waals surface area contributed by atoms with Crippen molar-refractivity contribution >= 4 is 23.4 Å². The lowest BCUT2D eigenvalue weighted by Crippen LogP contribution is -2.53. The zero-order valence-corrected chi connectivity index (χ0v) is 14.5. The Hall–Kier alpha value is -1.79. The number of likely N-dealkylation sites (tertiary alicyclic amines) is 1. The first-order valence-corrected chi connectivity index (χ1v) is 8.63. The van der Waals surface area contributed by atoms with Crippen molar-refractivity contribution in [2.24, 2.45) is 0 Å². The Kier molecular flexibility index (Phi) is 5.26. The normalized spacial score (nSPS) is 21.0. The number of rotatable bonds is 3. The quantitative estimate of drug-likeness (QED) is 0.893. The van der Waals surface area contributed by atoms with Crippen molar-refractivity contribution in [3.05, 3.63) is 28.8 Å². The largest absolute Gasteiger partial charge is 0.496 e. The molecule has 0 spiro atoms. The number of hydrogen-bond acceptors (Lipinski definition) is 4. The molecule has 1 aromatic rings. The summed E-state index contributed by atoms with van der Waals surface area (Å²) < 4.78 is 5.28. The van der Waals surface area contributed by atoms with Gasteiger partial charge in [0, 0.05) is 37.7 Å². The smallest absolute Gasteiger partial charge is 0.258 e. The predicted molar refractivity (Wildman–Crippen MR) is 91.5 cm³/mol. The Morgan fingerprint density at radius 1 is 1.25 bits per heavy atom. The first-order chi connectivity index (χ1) is 11.6. The second kappa shape index (κ2) is 7.40. The van der Waals surface area contributed by atoms with Crippen molar-refractivity contribution in [3.63, 3.8) is 0 Å². The van der Waals surface area contributed by atoms with Gasteiger partial charge in [0.1, 0.15) is 11.8 Å². The molecular formula is C17H22ClN3O3. The summed E-state index contributed by atoms with van der Waals surface area (Å²) in [4.78, 5) is 29.3. The Bertz CT molecular complexity index is 632. The van der Waals surface area contributed by atoms with Gasteiger partial charge in [0.25, 0.3) is 5.91 Å². The average molecular weight is 352 g/mol. The van der Waals surface area contributed by atoms with Gasteiger partial charge in [-0.3, -0.25) is 9.59 Å². The van der Waals surface area contributed by atoms with Crippen LogP contribution in [0.25, 0.3) is 0 Å². The van der Waals surface area contributed by atoms with Crippen LogP contribution in [0.2, 0.25) is 5.02 Å². The molecule has 7 heteroatoms. The Morgan fingerprint density at radius 3 is 2.71 bits per heavy atom. The van der Waals surface area contributed by atoms with Crippen LogP contribution >= 0.6 is 11.6 Å². The number of ether oxygens (including phenoxy) is 1. The molecule has 1 N–H and O–H groups in total. The molecule has 1 aromatic carbocycles. The summed E-state index contributed by atoms with van der Waals surface area (Å²) in [5, 5.41) is 3.71. The molecule has 2 amide bonds. The average Bonchev–Trinajstić information content (AvgIpc) is 3.10. The third-order valence-corrected chi connectivity index (χ3v) is 4.85. The lowest BCUT2D eigenvalue weighted by molar-refractivity contribution is -0.135. The summed E-state index contributed by atoms with van der Waals surface area (Å²) in [6.45, 7) is 3.57. The number of nitrogens with zero attached hydrogens (tertiary/aromatic N) is 2.